The number of pyridine rings is 1. The SMILES string of the molecule is Cc1cc(F)c(F)c(-c2cncc([N+](=O)[O-])c2N)c1. The monoisotopic (exact) mass is 265 g/mol. The highest BCUT2D eigenvalue weighted by Gasteiger charge is 2.20. The first-order valence-corrected chi connectivity index (χ1v) is 5.25. The quantitative estimate of drug-likeness (QED) is 0.668. The van der Waals surface area contributed by atoms with Crippen molar-refractivity contribution in [3.63, 3.8) is 0 Å². The maximum atomic E-state index is 13.8. The van der Waals surface area contributed by atoms with E-state index in [1.807, 2.05) is 0 Å². The van der Waals surface area contributed by atoms with Gasteiger partial charge in [-0.25, -0.2) is 8.78 Å². The number of aryl methyl sites for hydroxylation is 1. The Balaban J connectivity index is 2.73. The maximum absolute atomic E-state index is 13.8. The molecule has 1 heterocycles. The van der Waals surface area contributed by atoms with Gasteiger partial charge < -0.3 is 5.73 Å². The van der Waals surface area contributed by atoms with Crippen molar-refractivity contribution in [2.24, 2.45) is 0 Å². The van der Waals surface area contributed by atoms with Gasteiger partial charge >= 0.3 is 5.69 Å². The summed E-state index contributed by atoms with van der Waals surface area (Å²) in [5, 5.41) is 10.7. The number of nitrogens with zero attached hydrogens (tertiary/aromatic N) is 2. The lowest BCUT2D eigenvalue weighted by molar-refractivity contribution is -0.384. The van der Waals surface area contributed by atoms with Crippen molar-refractivity contribution in [3.05, 3.63) is 51.8 Å². The Kier molecular flexibility index (Phi) is 3.12. The van der Waals surface area contributed by atoms with E-state index in [0.717, 1.165) is 12.3 Å². The molecule has 19 heavy (non-hydrogen) atoms. The lowest BCUT2D eigenvalue weighted by Gasteiger charge is -2.08. The van der Waals surface area contributed by atoms with Gasteiger partial charge in [0.15, 0.2) is 11.6 Å². The van der Waals surface area contributed by atoms with Crippen molar-refractivity contribution in [2.45, 2.75) is 6.92 Å². The van der Waals surface area contributed by atoms with E-state index >= 15 is 0 Å². The van der Waals surface area contributed by atoms with Crippen molar-refractivity contribution >= 4 is 11.4 Å². The van der Waals surface area contributed by atoms with Gasteiger partial charge in [0.05, 0.1) is 4.92 Å². The molecule has 0 spiro atoms. The molecule has 0 saturated heterocycles. The summed E-state index contributed by atoms with van der Waals surface area (Å²) in [4.78, 5) is 13.6. The third kappa shape index (κ3) is 2.22. The van der Waals surface area contributed by atoms with Crippen LogP contribution in [-0.2, 0) is 0 Å². The van der Waals surface area contributed by atoms with Crippen LogP contribution in [0.25, 0.3) is 11.1 Å². The fourth-order valence-electron chi connectivity index (χ4n) is 1.74. The minimum Gasteiger partial charge on any atom is -0.393 e. The van der Waals surface area contributed by atoms with Gasteiger partial charge in [-0.1, -0.05) is 0 Å². The van der Waals surface area contributed by atoms with Gasteiger partial charge in [0.2, 0.25) is 0 Å². The molecule has 2 rings (SSSR count). The molecule has 1 aromatic heterocycles. The Bertz CT molecular complexity index is 674. The third-order valence-electron chi connectivity index (χ3n) is 2.63. The van der Waals surface area contributed by atoms with Crippen LogP contribution >= 0.6 is 0 Å². The summed E-state index contributed by atoms with van der Waals surface area (Å²) in [6, 6.07) is 2.38. The van der Waals surface area contributed by atoms with Crippen LogP contribution in [-0.4, -0.2) is 9.91 Å². The maximum Gasteiger partial charge on any atom is 0.310 e. The van der Waals surface area contributed by atoms with Gasteiger partial charge in [0.1, 0.15) is 11.9 Å². The van der Waals surface area contributed by atoms with Crippen LogP contribution in [0, 0.1) is 28.7 Å². The number of benzene rings is 1. The van der Waals surface area contributed by atoms with E-state index in [4.69, 9.17) is 5.73 Å². The van der Waals surface area contributed by atoms with Crippen LogP contribution in [0.3, 0.4) is 0 Å². The molecule has 2 N–H and O–H groups in total. The predicted molar refractivity (Wildman–Crippen MR) is 65.4 cm³/mol. The average molecular weight is 265 g/mol. The van der Waals surface area contributed by atoms with Crippen LogP contribution < -0.4 is 5.73 Å². The van der Waals surface area contributed by atoms with Crippen molar-refractivity contribution < 1.29 is 13.7 Å². The molecule has 0 bridgehead atoms. The molecule has 2 aromatic rings. The van der Waals surface area contributed by atoms with Gasteiger partial charge in [-0.05, 0) is 24.6 Å². The first-order valence-electron chi connectivity index (χ1n) is 5.25. The third-order valence-corrected chi connectivity index (χ3v) is 2.63. The van der Waals surface area contributed by atoms with Gasteiger partial charge in [0.25, 0.3) is 0 Å². The fraction of sp³-hybridized carbons (Fsp3) is 0.0833. The summed E-state index contributed by atoms with van der Waals surface area (Å²) >= 11 is 0. The molecule has 7 heteroatoms. The molecular weight excluding hydrogens is 256 g/mol. The van der Waals surface area contributed by atoms with E-state index in [1.54, 1.807) is 6.92 Å². The predicted octanol–water partition coefficient (Wildman–Crippen LogP) is 2.83. The molecule has 1 aromatic carbocycles. The van der Waals surface area contributed by atoms with E-state index < -0.39 is 22.2 Å². The van der Waals surface area contributed by atoms with Crippen molar-refractivity contribution in [1.82, 2.24) is 4.98 Å². The average Bonchev–Trinajstić information content (AvgIpc) is 2.34. The molecule has 0 amide bonds. The van der Waals surface area contributed by atoms with Gasteiger partial charge in [-0.3, -0.25) is 15.1 Å². The van der Waals surface area contributed by atoms with Crippen molar-refractivity contribution in [1.29, 1.82) is 0 Å². The van der Waals surface area contributed by atoms with Crippen molar-refractivity contribution in [3.8, 4) is 11.1 Å². The molecule has 0 unspecified atom stereocenters. The molecule has 0 fully saturated rings. The number of anilines is 1. The lowest BCUT2D eigenvalue weighted by Crippen LogP contribution is -2.01. The van der Waals surface area contributed by atoms with E-state index in [1.165, 1.54) is 12.3 Å². The number of nitro groups is 1. The van der Waals surface area contributed by atoms with E-state index in [-0.39, 0.29) is 16.8 Å². The highest BCUT2D eigenvalue weighted by molar-refractivity contribution is 5.81. The number of hydrogen-bond acceptors (Lipinski definition) is 4. The topological polar surface area (TPSA) is 82.0 Å². The van der Waals surface area contributed by atoms with Gasteiger partial charge in [-0.2, -0.15) is 0 Å². The standard InChI is InChI=1S/C12H9F2N3O2/c1-6-2-7(11(14)9(13)3-6)8-4-16-5-10(12(8)15)17(18)19/h2-5H,1H3,(H2,15,16). The summed E-state index contributed by atoms with van der Waals surface area (Å²) in [6.07, 6.45) is 2.13. The Morgan fingerprint density at radius 1 is 1.26 bits per heavy atom. The van der Waals surface area contributed by atoms with E-state index in [0.29, 0.717) is 5.56 Å². The molecule has 0 aliphatic heterocycles. The minimum atomic E-state index is -1.11. The fourth-order valence-corrected chi connectivity index (χ4v) is 1.74. The largest absolute Gasteiger partial charge is 0.393 e. The first kappa shape index (κ1) is 12.9. The summed E-state index contributed by atoms with van der Waals surface area (Å²) in [5.74, 6) is -2.15. The van der Waals surface area contributed by atoms with Crippen LogP contribution in [0.5, 0.6) is 0 Å². The Morgan fingerprint density at radius 3 is 2.58 bits per heavy atom. The highest BCUT2D eigenvalue weighted by atomic mass is 19.2. The second kappa shape index (κ2) is 4.60. The number of rotatable bonds is 2. The van der Waals surface area contributed by atoms with Crippen LogP contribution in [0.15, 0.2) is 24.5 Å². The molecule has 0 saturated carbocycles. The molecule has 0 radical (unpaired) electrons. The molecule has 98 valence electrons. The summed E-state index contributed by atoms with van der Waals surface area (Å²) < 4.78 is 27.1. The molecule has 0 aliphatic carbocycles. The molecular formula is C12H9F2N3O2. The Hall–Kier alpha value is -2.57. The van der Waals surface area contributed by atoms with E-state index in [9.17, 15) is 18.9 Å². The first-order chi connectivity index (χ1) is 8.91. The Labute approximate surface area is 106 Å². The smallest absolute Gasteiger partial charge is 0.310 e. The van der Waals surface area contributed by atoms with Crippen LogP contribution in [0.4, 0.5) is 20.2 Å². The number of nitrogens with two attached hydrogens (primary N) is 1. The summed E-state index contributed by atoms with van der Waals surface area (Å²) in [6.45, 7) is 1.58. The molecule has 0 aliphatic rings. The Morgan fingerprint density at radius 2 is 1.95 bits per heavy atom. The second-order valence-corrected chi connectivity index (χ2v) is 3.99. The number of halogens is 2. The molecule has 5 nitrogen and oxygen atoms in total. The highest BCUT2D eigenvalue weighted by Crippen LogP contribution is 2.34. The lowest BCUT2D eigenvalue weighted by atomic mass is 10.0. The van der Waals surface area contributed by atoms with Crippen molar-refractivity contribution in [2.75, 3.05) is 5.73 Å². The second-order valence-electron chi connectivity index (χ2n) is 3.99. The minimum absolute atomic E-state index is 0.00528. The molecule has 0 atom stereocenters. The normalized spacial score (nSPS) is 10.5. The number of aromatic nitrogens is 1. The van der Waals surface area contributed by atoms with E-state index in [2.05, 4.69) is 4.98 Å². The number of hydrogen-bond donors (Lipinski definition) is 1. The zero-order valence-electron chi connectivity index (χ0n) is 9.85. The summed E-state index contributed by atoms with van der Waals surface area (Å²) in [5.41, 5.74) is 5.24. The zero-order valence-corrected chi connectivity index (χ0v) is 9.85. The summed E-state index contributed by atoms with van der Waals surface area (Å²) in [7, 11) is 0. The number of nitrogen functional groups attached to an aromatic ring is 1. The van der Waals surface area contributed by atoms with Crippen LogP contribution in [0.2, 0.25) is 0 Å². The zero-order chi connectivity index (χ0) is 14.2. The van der Waals surface area contributed by atoms with Gasteiger partial charge in [-0.15, -0.1) is 0 Å². The van der Waals surface area contributed by atoms with Gasteiger partial charge in [0, 0.05) is 17.3 Å². The van der Waals surface area contributed by atoms with Crippen LogP contribution in [0.1, 0.15) is 5.56 Å².